The molecule has 1 aromatic rings. The van der Waals surface area contributed by atoms with Gasteiger partial charge in [-0.15, -0.1) is 11.8 Å². The summed E-state index contributed by atoms with van der Waals surface area (Å²) in [4.78, 5) is 0. The van der Waals surface area contributed by atoms with Gasteiger partial charge in [-0.25, -0.2) is 8.78 Å². The summed E-state index contributed by atoms with van der Waals surface area (Å²) in [6.07, 6.45) is 6.39. The average molecular weight is 415 g/mol. The first kappa shape index (κ1) is 20.6. The van der Waals surface area contributed by atoms with Gasteiger partial charge in [-0.2, -0.15) is 0 Å². The van der Waals surface area contributed by atoms with Gasteiger partial charge in [0.05, 0.1) is 4.75 Å². The van der Waals surface area contributed by atoms with Crippen LogP contribution in [0.4, 0.5) is 8.78 Å². The number of nitrogens with two attached hydrogens (primary N) is 1. The van der Waals surface area contributed by atoms with Gasteiger partial charge in [0, 0.05) is 28.5 Å². The van der Waals surface area contributed by atoms with Gasteiger partial charge in [0.15, 0.2) is 0 Å². The predicted octanol–water partition coefficient (Wildman–Crippen LogP) is 4.67. The Bertz CT molecular complexity index is 668. The van der Waals surface area contributed by atoms with Crippen LogP contribution in [-0.4, -0.2) is 11.0 Å². The third kappa shape index (κ3) is 7.89. The number of allylic oxidation sites excluding steroid dienone is 3. The molecule has 3 N–H and O–H groups in total. The molecule has 0 radical (unpaired) electrons. The first-order valence-corrected chi connectivity index (χ1v) is 9.34. The zero-order valence-electron chi connectivity index (χ0n) is 13.9. The van der Waals surface area contributed by atoms with E-state index in [0.29, 0.717) is 28.6 Å². The first-order chi connectivity index (χ1) is 11.2. The Labute approximate surface area is 155 Å². The monoisotopic (exact) mass is 414 g/mol. The molecule has 0 saturated carbocycles. The third-order valence-electron chi connectivity index (χ3n) is 3.17. The maximum Gasteiger partial charge on any atom is 0.126 e. The van der Waals surface area contributed by atoms with E-state index in [2.05, 4.69) is 33.2 Å². The van der Waals surface area contributed by atoms with Crippen molar-refractivity contribution in [2.24, 2.45) is 5.73 Å². The van der Waals surface area contributed by atoms with Crippen molar-refractivity contribution in [2.45, 2.75) is 31.4 Å². The van der Waals surface area contributed by atoms with Crippen LogP contribution in [0.5, 0.6) is 0 Å². The lowest BCUT2D eigenvalue weighted by Gasteiger charge is -2.12. The summed E-state index contributed by atoms with van der Waals surface area (Å²) in [6.45, 7) is 4.08. The summed E-state index contributed by atoms with van der Waals surface area (Å²) in [5.41, 5.74) is 7.14. The van der Waals surface area contributed by atoms with Crippen LogP contribution in [0.3, 0.4) is 0 Å². The van der Waals surface area contributed by atoms with Crippen molar-refractivity contribution in [3.63, 3.8) is 0 Å². The van der Waals surface area contributed by atoms with Crippen LogP contribution in [0.2, 0.25) is 0 Å². The molecule has 0 aliphatic heterocycles. The second-order valence-electron chi connectivity index (χ2n) is 5.59. The number of hydrogen-bond donors (Lipinski definition) is 2. The largest absolute Gasteiger partial charge is 0.401 e. The fourth-order valence-electron chi connectivity index (χ4n) is 1.65. The van der Waals surface area contributed by atoms with Crippen molar-refractivity contribution in [1.29, 1.82) is 0 Å². The number of rotatable bonds is 6. The second-order valence-corrected chi connectivity index (χ2v) is 7.88. The molecule has 0 atom stereocenters. The van der Waals surface area contributed by atoms with Gasteiger partial charge in [0.1, 0.15) is 11.6 Å². The van der Waals surface area contributed by atoms with E-state index >= 15 is 0 Å². The van der Waals surface area contributed by atoms with Gasteiger partial charge in [-0.3, -0.25) is 0 Å². The van der Waals surface area contributed by atoms with Crippen molar-refractivity contribution in [1.82, 2.24) is 5.32 Å². The highest BCUT2D eigenvalue weighted by atomic mass is 79.9. The van der Waals surface area contributed by atoms with Gasteiger partial charge in [0.25, 0.3) is 0 Å². The lowest BCUT2D eigenvalue weighted by atomic mass is 10.1. The minimum atomic E-state index is -0.581. The molecule has 2 nitrogen and oxygen atoms in total. The Balaban J connectivity index is 2.57. The Kier molecular flexibility index (Phi) is 8.37. The van der Waals surface area contributed by atoms with Crippen molar-refractivity contribution < 1.29 is 8.78 Å². The highest BCUT2D eigenvalue weighted by Gasteiger charge is 2.10. The molecule has 0 unspecified atom stereocenters. The van der Waals surface area contributed by atoms with Gasteiger partial charge in [0.2, 0.25) is 0 Å². The molecule has 0 fully saturated rings. The standard InChI is InChI=1S/C18H21BrF2N2S/c1-18(2,24-3)7-9-23-8-6-16(19)17(22)5-4-13-10-14(20)12-15(21)11-13/h6,8,10-12,23H,4-5,22H2,1-3H3/b8-6-,17-16+. The molecule has 0 heterocycles. The number of halogens is 3. The van der Waals surface area contributed by atoms with Crippen LogP contribution in [0, 0.1) is 23.6 Å². The Hall–Kier alpha value is -1.45. The van der Waals surface area contributed by atoms with E-state index in [0.717, 1.165) is 6.07 Å². The smallest absolute Gasteiger partial charge is 0.126 e. The van der Waals surface area contributed by atoms with Gasteiger partial charge < -0.3 is 11.1 Å². The van der Waals surface area contributed by atoms with Crippen LogP contribution in [0.15, 0.2) is 40.7 Å². The summed E-state index contributed by atoms with van der Waals surface area (Å²) in [5, 5.41) is 2.88. The Morgan fingerprint density at radius 2 is 1.96 bits per heavy atom. The fraction of sp³-hybridized carbons (Fsp3) is 0.333. The first-order valence-electron chi connectivity index (χ1n) is 7.32. The minimum absolute atomic E-state index is 0.104. The maximum absolute atomic E-state index is 13.1. The molecule has 0 aromatic heterocycles. The van der Waals surface area contributed by atoms with Gasteiger partial charge >= 0.3 is 0 Å². The zero-order chi connectivity index (χ0) is 18.2. The topological polar surface area (TPSA) is 38.0 Å². The highest BCUT2D eigenvalue weighted by molar-refractivity contribution is 9.11. The Morgan fingerprint density at radius 3 is 2.54 bits per heavy atom. The summed E-state index contributed by atoms with van der Waals surface area (Å²) in [7, 11) is 0. The van der Waals surface area contributed by atoms with Crippen LogP contribution in [-0.2, 0) is 6.42 Å². The quantitative estimate of drug-likeness (QED) is 0.403. The fourth-order valence-corrected chi connectivity index (χ4v) is 2.14. The third-order valence-corrected chi connectivity index (χ3v) is 5.07. The summed E-state index contributed by atoms with van der Waals surface area (Å²) in [6, 6.07) is 6.34. The van der Waals surface area contributed by atoms with Crippen LogP contribution in [0.1, 0.15) is 25.8 Å². The lowest BCUT2D eigenvalue weighted by Crippen LogP contribution is -2.11. The molecule has 130 valence electrons. The van der Waals surface area contributed by atoms with E-state index in [1.54, 1.807) is 24.0 Å². The molecule has 0 amide bonds. The second kappa shape index (κ2) is 9.75. The van der Waals surface area contributed by atoms with E-state index in [1.807, 2.05) is 20.1 Å². The van der Waals surface area contributed by atoms with Crippen molar-refractivity contribution >= 4 is 27.7 Å². The number of aryl methyl sites for hydroxylation is 1. The van der Waals surface area contributed by atoms with Gasteiger partial charge in [-0.1, -0.05) is 5.92 Å². The molecular formula is C18H21BrF2N2S. The van der Waals surface area contributed by atoms with Gasteiger partial charge in [-0.05, 0) is 72.6 Å². The van der Waals surface area contributed by atoms with E-state index in [4.69, 9.17) is 5.73 Å². The SMILES string of the molecule is CSC(C)(C)C#CN/C=C\C(Br)=C(/N)CCc1cc(F)cc(F)c1. The molecule has 0 aliphatic rings. The number of thioether (sulfide) groups is 1. The average Bonchev–Trinajstić information content (AvgIpc) is 2.51. The predicted molar refractivity (Wildman–Crippen MR) is 102 cm³/mol. The van der Waals surface area contributed by atoms with Crippen molar-refractivity contribution in [3.05, 3.63) is 57.9 Å². The van der Waals surface area contributed by atoms with E-state index in [-0.39, 0.29) is 4.75 Å². The van der Waals surface area contributed by atoms with E-state index in [9.17, 15) is 8.78 Å². The summed E-state index contributed by atoms with van der Waals surface area (Å²) in [5.74, 6) is 1.92. The molecular weight excluding hydrogens is 394 g/mol. The minimum Gasteiger partial charge on any atom is -0.401 e. The molecule has 0 aliphatic carbocycles. The normalized spacial score (nSPS) is 12.6. The maximum atomic E-state index is 13.1. The highest BCUT2D eigenvalue weighted by Crippen LogP contribution is 2.19. The molecule has 1 aromatic carbocycles. The summed E-state index contributed by atoms with van der Waals surface area (Å²) >= 11 is 5.05. The van der Waals surface area contributed by atoms with Crippen molar-refractivity contribution in [2.75, 3.05) is 6.26 Å². The lowest BCUT2D eigenvalue weighted by molar-refractivity contribution is 0.579. The Morgan fingerprint density at radius 1 is 1.33 bits per heavy atom. The molecule has 1 rings (SSSR count). The zero-order valence-corrected chi connectivity index (χ0v) is 16.3. The van der Waals surface area contributed by atoms with E-state index < -0.39 is 11.6 Å². The van der Waals surface area contributed by atoms with Crippen molar-refractivity contribution in [3.8, 4) is 12.0 Å². The number of nitrogens with one attached hydrogen (secondary N) is 1. The van der Waals surface area contributed by atoms with Crippen LogP contribution < -0.4 is 11.1 Å². The summed E-state index contributed by atoms with van der Waals surface area (Å²) < 4.78 is 26.9. The molecule has 0 bridgehead atoms. The van der Waals surface area contributed by atoms with E-state index in [1.165, 1.54) is 12.1 Å². The molecule has 6 heteroatoms. The number of hydrogen-bond acceptors (Lipinski definition) is 3. The van der Waals surface area contributed by atoms with Crippen LogP contribution >= 0.6 is 27.7 Å². The molecule has 0 spiro atoms. The number of benzene rings is 1. The molecule has 24 heavy (non-hydrogen) atoms. The van der Waals surface area contributed by atoms with Crippen LogP contribution in [0.25, 0.3) is 0 Å². The molecule has 0 saturated heterocycles.